The molecule has 1 aromatic rings. The summed E-state index contributed by atoms with van der Waals surface area (Å²) >= 11 is 0. The SMILES string of the molecule is CCOC(=O)NN(C(=O)OCC)C(C#N)(CC(=O)OC)c1ccccc1. The summed E-state index contributed by atoms with van der Waals surface area (Å²) in [5, 5.41) is 10.6. The van der Waals surface area contributed by atoms with Crippen molar-refractivity contribution in [3.05, 3.63) is 35.9 Å². The van der Waals surface area contributed by atoms with Gasteiger partial charge in [-0.2, -0.15) is 10.3 Å². The number of nitrogens with one attached hydrogen (secondary N) is 1. The van der Waals surface area contributed by atoms with Gasteiger partial charge in [-0.25, -0.2) is 15.0 Å². The summed E-state index contributed by atoms with van der Waals surface area (Å²) < 4.78 is 14.4. The average molecular weight is 363 g/mol. The maximum atomic E-state index is 12.5. The molecule has 140 valence electrons. The number of esters is 1. The lowest BCUT2D eigenvalue weighted by Gasteiger charge is -2.36. The van der Waals surface area contributed by atoms with Crippen molar-refractivity contribution in [1.82, 2.24) is 10.4 Å². The van der Waals surface area contributed by atoms with Crippen molar-refractivity contribution in [2.75, 3.05) is 20.3 Å². The number of hydrogen-bond donors (Lipinski definition) is 1. The molecule has 0 fully saturated rings. The molecule has 26 heavy (non-hydrogen) atoms. The van der Waals surface area contributed by atoms with Crippen LogP contribution in [0, 0.1) is 11.3 Å². The number of carbonyl (C=O) groups is 3. The minimum Gasteiger partial charge on any atom is -0.469 e. The Hall–Kier alpha value is -3.28. The number of hydrazine groups is 1. The number of rotatable bonds is 6. The predicted octanol–water partition coefficient (Wildman–Crippen LogP) is 2.09. The molecule has 1 rings (SSSR count). The fourth-order valence-electron chi connectivity index (χ4n) is 2.20. The maximum Gasteiger partial charge on any atom is 0.430 e. The van der Waals surface area contributed by atoms with Gasteiger partial charge in [0.1, 0.15) is 0 Å². The van der Waals surface area contributed by atoms with Crippen LogP contribution in [0.5, 0.6) is 0 Å². The first-order chi connectivity index (χ1) is 12.4. The summed E-state index contributed by atoms with van der Waals surface area (Å²) in [5.41, 5.74) is 0.584. The second-order valence-electron chi connectivity index (χ2n) is 4.96. The summed E-state index contributed by atoms with van der Waals surface area (Å²) in [4.78, 5) is 36.3. The van der Waals surface area contributed by atoms with Crippen LogP contribution in [-0.4, -0.2) is 43.5 Å². The van der Waals surface area contributed by atoms with Crippen LogP contribution in [0.4, 0.5) is 9.59 Å². The highest BCUT2D eigenvalue weighted by atomic mass is 16.6. The van der Waals surface area contributed by atoms with Crippen LogP contribution < -0.4 is 5.43 Å². The van der Waals surface area contributed by atoms with Crippen LogP contribution in [0.3, 0.4) is 0 Å². The van der Waals surface area contributed by atoms with E-state index in [1.54, 1.807) is 44.2 Å². The lowest BCUT2D eigenvalue weighted by atomic mass is 9.87. The Bertz CT molecular complexity index is 673. The highest BCUT2D eigenvalue weighted by Gasteiger charge is 2.46. The van der Waals surface area contributed by atoms with Crippen LogP contribution in [-0.2, 0) is 24.5 Å². The summed E-state index contributed by atoms with van der Waals surface area (Å²) in [6.07, 6.45) is -2.52. The summed E-state index contributed by atoms with van der Waals surface area (Å²) in [6, 6.07) is 10.00. The van der Waals surface area contributed by atoms with Gasteiger partial charge in [0, 0.05) is 0 Å². The molecule has 9 heteroatoms. The van der Waals surface area contributed by atoms with Crippen molar-refractivity contribution in [3.8, 4) is 6.07 Å². The molecule has 0 saturated carbocycles. The van der Waals surface area contributed by atoms with Crippen molar-refractivity contribution in [3.63, 3.8) is 0 Å². The van der Waals surface area contributed by atoms with Gasteiger partial charge in [-0.05, 0) is 19.4 Å². The molecule has 0 bridgehead atoms. The Balaban J connectivity index is 3.48. The normalized spacial score (nSPS) is 12.1. The molecular weight excluding hydrogens is 342 g/mol. The van der Waals surface area contributed by atoms with Crippen molar-refractivity contribution < 1.29 is 28.6 Å². The largest absolute Gasteiger partial charge is 0.469 e. The van der Waals surface area contributed by atoms with E-state index >= 15 is 0 Å². The molecule has 0 saturated heterocycles. The second kappa shape index (κ2) is 9.88. The fraction of sp³-hybridized carbons (Fsp3) is 0.412. The Kier molecular flexibility index (Phi) is 7.89. The van der Waals surface area contributed by atoms with E-state index < -0.39 is 30.1 Å². The minimum atomic E-state index is -1.90. The van der Waals surface area contributed by atoms with Gasteiger partial charge in [-0.3, -0.25) is 4.79 Å². The van der Waals surface area contributed by atoms with Crippen LogP contribution in [0.15, 0.2) is 30.3 Å². The molecule has 0 radical (unpaired) electrons. The van der Waals surface area contributed by atoms with E-state index in [9.17, 15) is 19.6 Å². The van der Waals surface area contributed by atoms with E-state index in [1.807, 2.05) is 6.07 Å². The summed E-state index contributed by atoms with van der Waals surface area (Å²) in [5.74, 6) is -0.754. The van der Waals surface area contributed by atoms with E-state index in [-0.39, 0.29) is 18.8 Å². The van der Waals surface area contributed by atoms with Crippen LogP contribution in [0.1, 0.15) is 25.8 Å². The number of ether oxygens (including phenoxy) is 3. The molecule has 1 atom stereocenters. The standard InChI is InChI=1S/C17H21N3O6/c1-4-25-15(22)19-20(16(23)26-5-2)17(12-18,11-14(21)24-3)13-9-7-6-8-10-13/h6-10H,4-5,11H2,1-3H3,(H,19,22). The predicted molar refractivity (Wildman–Crippen MR) is 89.4 cm³/mol. The topological polar surface area (TPSA) is 118 Å². The third kappa shape index (κ3) is 4.86. The van der Waals surface area contributed by atoms with Gasteiger partial charge in [-0.15, -0.1) is 0 Å². The number of hydrogen-bond acceptors (Lipinski definition) is 7. The average Bonchev–Trinajstić information content (AvgIpc) is 2.65. The molecule has 0 aliphatic rings. The summed E-state index contributed by atoms with van der Waals surface area (Å²) in [7, 11) is 1.16. The lowest BCUT2D eigenvalue weighted by Crippen LogP contribution is -2.58. The second-order valence-corrected chi connectivity index (χ2v) is 4.96. The third-order valence-electron chi connectivity index (χ3n) is 3.37. The molecule has 1 N–H and O–H groups in total. The number of carbonyl (C=O) groups excluding carboxylic acids is 3. The number of nitriles is 1. The first-order valence-corrected chi connectivity index (χ1v) is 7.89. The fourth-order valence-corrected chi connectivity index (χ4v) is 2.20. The molecule has 9 nitrogen and oxygen atoms in total. The molecule has 0 heterocycles. The Morgan fingerprint density at radius 2 is 1.77 bits per heavy atom. The van der Waals surface area contributed by atoms with E-state index in [0.717, 1.165) is 7.11 Å². The molecule has 0 aliphatic carbocycles. The van der Waals surface area contributed by atoms with Gasteiger partial charge < -0.3 is 14.2 Å². The first kappa shape index (κ1) is 20.8. The highest BCUT2D eigenvalue weighted by molar-refractivity contribution is 5.78. The zero-order valence-corrected chi connectivity index (χ0v) is 14.9. The first-order valence-electron chi connectivity index (χ1n) is 7.89. The molecule has 0 spiro atoms. The molecule has 2 amide bonds. The zero-order valence-electron chi connectivity index (χ0n) is 14.9. The van der Waals surface area contributed by atoms with Gasteiger partial charge in [0.25, 0.3) is 0 Å². The van der Waals surface area contributed by atoms with Crippen molar-refractivity contribution in [1.29, 1.82) is 5.26 Å². The monoisotopic (exact) mass is 363 g/mol. The van der Waals surface area contributed by atoms with Crippen LogP contribution >= 0.6 is 0 Å². The van der Waals surface area contributed by atoms with E-state index in [2.05, 4.69) is 10.2 Å². The number of methoxy groups -OCH3 is 1. The highest BCUT2D eigenvalue weighted by Crippen LogP contribution is 2.32. The minimum absolute atomic E-state index is 0.00559. The Labute approximate surface area is 151 Å². The van der Waals surface area contributed by atoms with Crippen molar-refractivity contribution >= 4 is 18.2 Å². The van der Waals surface area contributed by atoms with Gasteiger partial charge >= 0.3 is 18.2 Å². The molecule has 1 aromatic carbocycles. The van der Waals surface area contributed by atoms with Crippen molar-refractivity contribution in [2.45, 2.75) is 25.8 Å². The molecule has 1 unspecified atom stereocenters. The number of nitrogens with zero attached hydrogens (tertiary/aromatic N) is 2. The third-order valence-corrected chi connectivity index (χ3v) is 3.37. The molecule has 0 aromatic heterocycles. The van der Waals surface area contributed by atoms with Gasteiger partial charge in [0.05, 0.1) is 32.8 Å². The van der Waals surface area contributed by atoms with Crippen molar-refractivity contribution in [2.24, 2.45) is 0 Å². The Morgan fingerprint density at radius 3 is 2.27 bits per heavy atom. The molecular formula is C17H21N3O6. The van der Waals surface area contributed by atoms with E-state index in [1.165, 1.54) is 0 Å². The molecule has 0 aliphatic heterocycles. The van der Waals surface area contributed by atoms with Crippen LogP contribution in [0.2, 0.25) is 0 Å². The number of benzene rings is 1. The Morgan fingerprint density at radius 1 is 1.15 bits per heavy atom. The van der Waals surface area contributed by atoms with Crippen LogP contribution in [0.25, 0.3) is 0 Å². The van der Waals surface area contributed by atoms with E-state index in [0.29, 0.717) is 5.01 Å². The van der Waals surface area contributed by atoms with Gasteiger partial charge in [0.15, 0.2) is 5.54 Å². The zero-order chi connectivity index (χ0) is 19.6. The smallest absolute Gasteiger partial charge is 0.430 e. The van der Waals surface area contributed by atoms with E-state index in [4.69, 9.17) is 9.47 Å². The van der Waals surface area contributed by atoms with Gasteiger partial charge in [0.2, 0.25) is 0 Å². The lowest BCUT2D eigenvalue weighted by molar-refractivity contribution is -0.143. The maximum absolute atomic E-state index is 12.5. The summed E-state index contributed by atoms with van der Waals surface area (Å²) in [6.45, 7) is 3.19. The number of amides is 2. The quantitative estimate of drug-likeness (QED) is 0.467. The van der Waals surface area contributed by atoms with Gasteiger partial charge in [-0.1, -0.05) is 30.3 Å².